The second-order valence-corrected chi connectivity index (χ2v) is 6.96. The summed E-state index contributed by atoms with van der Waals surface area (Å²) in [6.45, 7) is 2.80. The SMILES string of the molecule is CN1CCCC1CN(C)C(CN)c1cc(Br)ccc1Cl. The van der Waals surface area contributed by atoms with Crippen molar-refractivity contribution >= 4 is 27.5 Å². The molecule has 0 bridgehead atoms. The Labute approximate surface area is 135 Å². The second kappa shape index (κ2) is 7.23. The Bertz CT molecular complexity index is 455. The normalized spacial score (nSPS) is 21.6. The Kier molecular flexibility index (Phi) is 5.87. The first kappa shape index (κ1) is 16.2. The number of likely N-dealkylation sites (tertiary alicyclic amines) is 1. The third kappa shape index (κ3) is 3.74. The van der Waals surface area contributed by atoms with Crippen LogP contribution < -0.4 is 5.73 Å². The minimum absolute atomic E-state index is 0.161. The summed E-state index contributed by atoms with van der Waals surface area (Å²) < 4.78 is 1.04. The molecule has 0 aliphatic carbocycles. The van der Waals surface area contributed by atoms with Crippen LogP contribution in [0.2, 0.25) is 5.02 Å². The molecule has 1 aliphatic heterocycles. The van der Waals surface area contributed by atoms with Gasteiger partial charge in [0.15, 0.2) is 0 Å². The van der Waals surface area contributed by atoms with Gasteiger partial charge in [0, 0.05) is 34.7 Å². The van der Waals surface area contributed by atoms with Crippen LogP contribution in [0.4, 0.5) is 0 Å². The lowest BCUT2D eigenvalue weighted by atomic mass is 10.0. The number of nitrogens with two attached hydrogens (primary N) is 1. The summed E-state index contributed by atoms with van der Waals surface area (Å²) >= 11 is 9.86. The highest BCUT2D eigenvalue weighted by Crippen LogP contribution is 2.30. The number of halogens is 2. The van der Waals surface area contributed by atoms with Gasteiger partial charge < -0.3 is 10.6 Å². The average molecular weight is 361 g/mol. The van der Waals surface area contributed by atoms with Gasteiger partial charge >= 0.3 is 0 Å². The molecular weight excluding hydrogens is 338 g/mol. The summed E-state index contributed by atoms with van der Waals surface area (Å²) in [6, 6.07) is 6.76. The quantitative estimate of drug-likeness (QED) is 0.875. The average Bonchev–Trinajstić information content (AvgIpc) is 2.80. The fourth-order valence-electron chi connectivity index (χ4n) is 2.98. The molecule has 2 N–H and O–H groups in total. The highest BCUT2D eigenvalue weighted by molar-refractivity contribution is 9.10. The topological polar surface area (TPSA) is 32.5 Å². The van der Waals surface area contributed by atoms with E-state index in [1.165, 1.54) is 19.4 Å². The van der Waals surface area contributed by atoms with Gasteiger partial charge in [-0.05, 0) is 57.2 Å². The standard InChI is InChI=1S/C15H23BrClN3/c1-19-7-3-4-12(19)10-20(2)15(9-18)13-8-11(16)5-6-14(13)17/h5-6,8,12,15H,3-4,7,9-10,18H2,1-2H3. The minimum Gasteiger partial charge on any atom is -0.329 e. The summed E-state index contributed by atoms with van der Waals surface area (Å²) in [5.41, 5.74) is 7.11. The Hall–Kier alpha value is -0.130. The van der Waals surface area contributed by atoms with Crippen LogP contribution in [0.1, 0.15) is 24.4 Å². The molecule has 1 aromatic rings. The summed E-state index contributed by atoms with van der Waals surface area (Å²) in [7, 11) is 4.34. The van der Waals surface area contributed by atoms with Crippen molar-refractivity contribution in [1.82, 2.24) is 9.80 Å². The number of rotatable bonds is 5. The van der Waals surface area contributed by atoms with Crippen LogP contribution >= 0.6 is 27.5 Å². The van der Waals surface area contributed by atoms with Gasteiger partial charge in [-0.1, -0.05) is 27.5 Å². The van der Waals surface area contributed by atoms with Gasteiger partial charge in [-0.3, -0.25) is 4.90 Å². The van der Waals surface area contributed by atoms with Crippen molar-refractivity contribution in [1.29, 1.82) is 0 Å². The molecule has 0 amide bonds. The zero-order valence-electron chi connectivity index (χ0n) is 12.1. The van der Waals surface area contributed by atoms with Crippen LogP contribution in [0.15, 0.2) is 22.7 Å². The largest absolute Gasteiger partial charge is 0.329 e. The molecule has 2 rings (SSSR count). The van der Waals surface area contributed by atoms with Gasteiger partial charge in [0.05, 0.1) is 0 Å². The lowest BCUT2D eigenvalue weighted by Crippen LogP contribution is -2.40. The number of hydrogen-bond donors (Lipinski definition) is 1. The van der Waals surface area contributed by atoms with Gasteiger partial charge in [-0.25, -0.2) is 0 Å². The summed E-state index contributed by atoms with van der Waals surface area (Å²) in [5, 5.41) is 0.787. The Morgan fingerprint density at radius 1 is 1.55 bits per heavy atom. The van der Waals surface area contributed by atoms with Crippen molar-refractivity contribution in [2.45, 2.75) is 24.9 Å². The van der Waals surface area contributed by atoms with E-state index in [1.54, 1.807) is 0 Å². The maximum Gasteiger partial charge on any atom is 0.0483 e. The predicted molar refractivity (Wildman–Crippen MR) is 89.2 cm³/mol. The van der Waals surface area contributed by atoms with Crippen molar-refractivity contribution in [3.8, 4) is 0 Å². The molecule has 3 nitrogen and oxygen atoms in total. The van der Waals surface area contributed by atoms with Crippen LogP contribution in [-0.2, 0) is 0 Å². The summed E-state index contributed by atoms with van der Waals surface area (Å²) in [6.07, 6.45) is 2.56. The molecule has 1 aliphatic rings. The molecule has 5 heteroatoms. The van der Waals surface area contributed by atoms with Crippen LogP contribution in [0.25, 0.3) is 0 Å². The van der Waals surface area contributed by atoms with Gasteiger partial charge in [0.2, 0.25) is 0 Å². The van der Waals surface area contributed by atoms with E-state index in [0.29, 0.717) is 12.6 Å². The Morgan fingerprint density at radius 2 is 2.30 bits per heavy atom. The van der Waals surface area contributed by atoms with Crippen LogP contribution in [-0.4, -0.2) is 49.6 Å². The zero-order chi connectivity index (χ0) is 14.7. The third-order valence-corrected chi connectivity index (χ3v) is 5.08. The smallest absolute Gasteiger partial charge is 0.0483 e. The van der Waals surface area contributed by atoms with Gasteiger partial charge in [-0.15, -0.1) is 0 Å². The lowest BCUT2D eigenvalue weighted by molar-refractivity contribution is 0.179. The van der Waals surface area contributed by atoms with Gasteiger partial charge in [0.25, 0.3) is 0 Å². The van der Waals surface area contributed by atoms with Gasteiger partial charge in [0.1, 0.15) is 0 Å². The number of nitrogens with zero attached hydrogens (tertiary/aromatic N) is 2. The second-order valence-electron chi connectivity index (χ2n) is 5.63. The van der Waals surface area contributed by atoms with Crippen molar-refractivity contribution in [2.24, 2.45) is 5.73 Å². The van der Waals surface area contributed by atoms with Crippen LogP contribution in [0.3, 0.4) is 0 Å². The summed E-state index contributed by atoms with van der Waals surface area (Å²) in [4.78, 5) is 4.77. The van der Waals surface area contributed by atoms with Crippen LogP contribution in [0.5, 0.6) is 0 Å². The van der Waals surface area contributed by atoms with Gasteiger partial charge in [-0.2, -0.15) is 0 Å². The number of benzene rings is 1. The van der Waals surface area contributed by atoms with E-state index in [1.807, 2.05) is 12.1 Å². The van der Waals surface area contributed by atoms with Crippen LogP contribution in [0, 0.1) is 0 Å². The Morgan fingerprint density at radius 3 is 2.90 bits per heavy atom. The van der Waals surface area contributed by atoms with E-state index in [-0.39, 0.29) is 6.04 Å². The van der Waals surface area contributed by atoms with Crippen molar-refractivity contribution < 1.29 is 0 Å². The molecule has 2 unspecified atom stereocenters. The Balaban J connectivity index is 2.12. The van der Waals surface area contributed by atoms with E-state index in [4.69, 9.17) is 17.3 Å². The maximum atomic E-state index is 6.35. The highest BCUT2D eigenvalue weighted by atomic mass is 79.9. The minimum atomic E-state index is 0.161. The first-order valence-electron chi connectivity index (χ1n) is 7.08. The number of hydrogen-bond acceptors (Lipinski definition) is 3. The molecule has 0 aromatic heterocycles. The fourth-order valence-corrected chi connectivity index (χ4v) is 3.61. The molecule has 1 saturated heterocycles. The maximum absolute atomic E-state index is 6.35. The lowest BCUT2D eigenvalue weighted by Gasteiger charge is -2.32. The molecule has 20 heavy (non-hydrogen) atoms. The molecule has 2 atom stereocenters. The van der Waals surface area contributed by atoms with E-state index in [9.17, 15) is 0 Å². The summed E-state index contributed by atoms with van der Waals surface area (Å²) in [5.74, 6) is 0. The van der Waals surface area contributed by atoms with Crippen molar-refractivity contribution in [2.75, 3.05) is 33.7 Å². The molecule has 0 spiro atoms. The third-order valence-electron chi connectivity index (χ3n) is 4.24. The molecule has 1 heterocycles. The van der Waals surface area contributed by atoms with Crippen molar-refractivity contribution in [3.05, 3.63) is 33.3 Å². The van der Waals surface area contributed by atoms with E-state index >= 15 is 0 Å². The number of likely N-dealkylation sites (N-methyl/N-ethyl adjacent to an activating group) is 2. The first-order valence-corrected chi connectivity index (χ1v) is 8.25. The van der Waals surface area contributed by atoms with E-state index in [0.717, 1.165) is 21.6 Å². The molecular formula is C15H23BrClN3. The predicted octanol–water partition coefficient (Wildman–Crippen LogP) is 3.13. The molecule has 1 fully saturated rings. The molecule has 0 radical (unpaired) electrons. The monoisotopic (exact) mass is 359 g/mol. The highest BCUT2D eigenvalue weighted by Gasteiger charge is 2.26. The molecule has 1 aromatic carbocycles. The van der Waals surface area contributed by atoms with E-state index in [2.05, 4.69) is 45.9 Å². The molecule has 112 valence electrons. The zero-order valence-corrected chi connectivity index (χ0v) is 14.5. The van der Waals surface area contributed by atoms with E-state index < -0.39 is 0 Å². The first-order chi connectivity index (χ1) is 9.52. The fraction of sp³-hybridized carbons (Fsp3) is 0.600. The molecule has 0 saturated carbocycles. The van der Waals surface area contributed by atoms with Crippen molar-refractivity contribution in [3.63, 3.8) is 0 Å².